The van der Waals surface area contributed by atoms with E-state index >= 15 is 0 Å². The molecule has 2 rings (SSSR count). The minimum atomic E-state index is -0.282. The molecule has 2 aromatic carbocycles. The number of nitrogens with one attached hydrogen (secondary N) is 2. The van der Waals surface area contributed by atoms with Crippen LogP contribution in [-0.4, -0.2) is 19.0 Å². The molecule has 0 heterocycles. The fourth-order valence-electron chi connectivity index (χ4n) is 2.17. The Labute approximate surface area is 130 Å². The summed E-state index contributed by atoms with van der Waals surface area (Å²) < 4.78 is 13.0. The predicted octanol–water partition coefficient (Wildman–Crippen LogP) is 3.38. The molecule has 0 saturated heterocycles. The summed E-state index contributed by atoms with van der Waals surface area (Å²) in [6.07, 6.45) is 2.26. The number of rotatable bonds is 8. The summed E-state index contributed by atoms with van der Waals surface area (Å²) in [6.45, 7) is 1.17. The van der Waals surface area contributed by atoms with Crippen molar-refractivity contribution in [1.82, 2.24) is 5.32 Å². The topological polar surface area (TPSA) is 41.1 Å². The summed E-state index contributed by atoms with van der Waals surface area (Å²) in [5.41, 5.74) is 1.97. The van der Waals surface area contributed by atoms with Gasteiger partial charge in [-0.25, -0.2) is 4.39 Å². The number of hydrogen-bond donors (Lipinski definition) is 2. The predicted molar refractivity (Wildman–Crippen MR) is 87.3 cm³/mol. The average molecular weight is 300 g/mol. The minimum Gasteiger partial charge on any atom is -0.384 e. The molecule has 2 aromatic rings. The normalized spacial score (nSPS) is 10.2. The Hall–Kier alpha value is -2.36. The smallest absolute Gasteiger partial charge is 0.221 e. The molecular weight excluding hydrogens is 279 g/mol. The van der Waals surface area contributed by atoms with Gasteiger partial charge in [-0.05, 0) is 36.6 Å². The summed E-state index contributed by atoms with van der Waals surface area (Å²) in [7, 11) is 0. The zero-order valence-corrected chi connectivity index (χ0v) is 12.5. The van der Waals surface area contributed by atoms with Gasteiger partial charge in [-0.1, -0.05) is 36.4 Å². The number of carbonyl (C=O) groups is 1. The molecule has 116 valence electrons. The van der Waals surface area contributed by atoms with E-state index in [4.69, 9.17) is 0 Å². The van der Waals surface area contributed by atoms with Crippen LogP contribution in [0.4, 0.5) is 10.1 Å². The molecule has 4 heteroatoms. The first kappa shape index (κ1) is 16.0. The van der Waals surface area contributed by atoms with Gasteiger partial charge in [-0.15, -0.1) is 0 Å². The van der Waals surface area contributed by atoms with Crippen molar-refractivity contribution < 1.29 is 9.18 Å². The van der Waals surface area contributed by atoms with Crippen LogP contribution in [0.3, 0.4) is 0 Å². The first-order valence-electron chi connectivity index (χ1n) is 7.54. The SMILES string of the molecule is O=C(CCNc1cccc(F)c1)NCCCc1ccccc1. The quantitative estimate of drug-likeness (QED) is 0.734. The van der Waals surface area contributed by atoms with Gasteiger partial charge in [-0.3, -0.25) is 4.79 Å². The van der Waals surface area contributed by atoms with Gasteiger partial charge in [0.15, 0.2) is 0 Å². The second kappa shape index (κ2) is 8.82. The Kier molecular flexibility index (Phi) is 6.42. The summed E-state index contributed by atoms with van der Waals surface area (Å²) in [4.78, 5) is 11.7. The Morgan fingerprint density at radius 3 is 2.59 bits per heavy atom. The fraction of sp³-hybridized carbons (Fsp3) is 0.278. The number of aryl methyl sites for hydroxylation is 1. The lowest BCUT2D eigenvalue weighted by Crippen LogP contribution is -2.26. The molecule has 0 bridgehead atoms. The monoisotopic (exact) mass is 300 g/mol. The lowest BCUT2D eigenvalue weighted by molar-refractivity contribution is -0.120. The maximum absolute atomic E-state index is 13.0. The third kappa shape index (κ3) is 5.95. The number of hydrogen-bond acceptors (Lipinski definition) is 2. The van der Waals surface area contributed by atoms with Crippen molar-refractivity contribution in [1.29, 1.82) is 0 Å². The molecule has 0 aliphatic carbocycles. The van der Waals surface area contributed by atoms with Gasteiger partial charge in [0.1, 0.15) is 5.82 Å². The van der Waals surface area contributed by atoms with E-state index in [1.54, 1.807) is 12.1 Å². The molecule has 0 saturated carbocycles. The van der Waals surface area contributed by atoms with Gasteiger partial charge in [0.05, 0.1) is 0 Å². The van der Waals surface area contributed by atoms with Gasteiger partial charge in [0.25, 0.3) is 0 Å². The maximum Gasteiger partial charge on any atom is 0.221 e. The summed E-state index contributed by atoms with van der Waals surface area (Å²) in [6, 6.07) is 16.4. The third-order valence-corrected chi connectivity index (χ3v) is 3.31. The Morgan fingerprint density at radius 2 is 1.82 bits per heavy atom. The van der Waals surface area contributed by atoms with Crippen molar-refractivity contribution >= 4 is 11.6 Å². The number of anilines is 1. The number of halogens is 1. The van der Waals surface area contributed by atoms with Crippen LogP contribution in [0.25, 0.3) is 0 Å². The van der Waals surface area contributed by atoms with Crippen LogP contribution in [0, 0.1) is 5.82 Å². The van der Waals surface area contributed by atoms with E-state index < -0.39 is 0 Å². The van der Waals surface area contributed by atoms with Crippen LogP contribution in [0.5, 0.6) is 0 Å². The van der Waals surface area contributed by atoms with E-state index in [1.165, 1.54) is 17.7 Å². The second-order valence-electron chi connectivity index (χ2n) is 5.13. The lowest BCUT2D eigenvalue weighted by atomic mass is 10.1. The van der Waals surface area contributed by atoms with E-state index in [1.807, 2.05) is 18.2 Å². The molecule has 0 radical (unpaired) electrons. The van der Waals surface area contributed by atoms with Crippen LogP contribution in [0.1, 0.15) is 18.4 Å². The zero-order chi connectivity index (χ0) is 15.6. The molecule has 0 aliphatic heterocycles. The van der Waals surface area contributed by atoms with E-state index in [0.717, 1.165) is 12.8 Å². The maximum atomic E-state index is 13.0. The number of benzene rings is 2. The molecular formula is C18H21FN2O. The molecule has 22 heavy (non-hydrogen) atoms. The lowest BCUT2D eigenvalue weighted by Gasteiger charge is -2.07. The Bertz CT molecular complexity index is 587. The molecule has 0 fully saturated rings. The molecule has 0 unspecified atom stereocenters. The van der Waals surface area contributed by atoms with Crippen LogP contribution >= 0.6 is 0 Å². The van der Waals surface area contributed by atoms with E-state index in [-0.39, 0.29) is 11.7 Å². The standard InChI is InChI=1S/C18H21FN2O/c19-16-9-4-10-17(14-16)20-13-11-18(22)21-12-5-8-15-6-2-1-3-7-15/h1-4,6-7,9-10,14,20H,5,8,11-13H2,(H,21,22). The summed E-state index contributed by atoms with van der Waals surface area (Å²) >= 11 is 0. The number of amides is 1. The van der Waals surface area contributed by atoms with Crippen LogP contribution in [-0.2, 0) is 11.2 Å². The molecule has 3 nitrogen and oxygen atoms in total. The molecule has 0 aliphatic rings. The minimum absolute atomic E-state index is 0.0111. The van der Waals surface area contributed by atoms with Gasteiger partial charge < -0.3 is 10.6 Å². The van der Waals surface area contributed by atoms with Gasteiger partial charge in [0, 0.05) is 25.2 Å². The second-order valence-corrected chi connectivity index (χ2v) is 5.13. The highest BCUT2D eigenvalue weighted by Gasteiger charge is 2.01. The van der Waals surface area contributed by atoms with Crippen LogP contribution in [0.2, 0.25) is 0 Å². The Balaban J connectivity index is 1.56. The van der Waals surface area contributed by atoms with E-state index in [0.29, 0.717) is 25.2 Å². The summed E-state index contributed by atoms with van der Waals surface area (Å²) in [5, 5.41) is 5.93. The van der Waals surface area contributed by atoms with Crippen LogP contribution in [0.15, 0.2) is 54.6 Å². The van der Waals surface area contributed by atoms with Crippen LogP contribution < -0.4 is 10.6 Å². The summed E-state index contributed by atoms with van der Waals surface area (Å²) in [5.74, 6) is -0.271. The third-order valence-electron chi connectivity index (χ3n) is 3.31. The van der Waals surface area contributed by atoms with Crippen molar-refractivity contribution in [3.05, 3.63) is 66.0 Å². The highest BCUT2D eigenvalue weighted by atomic mass is 19.1. The fourth-order valence-corrected chi connectivity index (χ4v) is 2.17. The van der Waals surface area contributed by atoms with Gasteiger partial charge >= 0.3 is 0 Å². The van der Waals surface area contributed by atoms with E-state index in [9.17, 15) is 9.18 Å². The van der Waals surface area contributed by atoms with Crippen molar-refractivity contribution in [3.8, 4) is 0 Å². The zero-order valence-electron chi connectivity index (χ0n) is 12.5. The van der Waals surface area contributed by atoms with Crippen molar-refractivity contribution in [3.63, 3.8) is 0 Å². The molecule has 1 amide bonds. The Morgan fingerprint density at radius 1 is 1.00 bits per heavy atom. The van der Waals surface area contributed by atoms with Gasteiger partial charge in [-0.2, -0.15) is 0 Å². The first-order valence-corrected chi connectivity index (χ1v) is 7.54. The first-order chi connectivity index (χ1) is 10.7. The number of carbonyl (C=O) groups excluding carboxylic acids is 1. The average Bonchev–Trinajstić information content (AvgIpc) is 2.53. The van der Waals surface area contributed by atoms with E-state index in [2.05, 4.69) is 22.8 Å². The van der Waals surface area contributed by atoms with Crippen molar-refractivity contribution in [2.45, 2.75) is 19.3 Å². The van der Waals surface area contributed by atoms with Crippen molar-refractivity contribution in [2.24, 2.45) is 0 Å². The molecule has 0 atom stereocenters. The molecule has 2 N–H and O–H groups in total. The highest BCUT2D eigenvalue weighted by molar-refractivity contribution is 5.76. The highest BCUT2D eigenvalue weighted by Crippen LogP contribution is 2.08. The van der Waals surface area contributed by atoms with Crippen molar-refractivity contribution in [2.75, 3.05) is 18.4 Å². The largest absolute Gasteiger partial charge is 0.384 e. The molecule has 0 spiro atoms. The van der Waals surface area contributed by atoms with Gasteiger partial charge in [0.2, 0.25) is 5.91 Å². The molecule has 0 aromatic heterocycles.